The van der Waals surface area contributed by atoms with Crippen LogP contribution >= 0.6 is 15.6 Å². The van der Waals surface area contributed by atoms with Gasteiger partial charge in [0.15, 0.2) is 12.2 Å². The average molecular weight is 1470 g/mol. The Hall–Kier alpha value is -4.54. The highest BCUT2D eigenvalue weighted by Crippen LogP contribution is 2.45. The number of esters is 4. The number of aliphatic hydroxyl groups is 1. The van der Waals surface area contributed by atoms with Gasteiger partial charge in [-0.05, 0) is 128 Å². The fourth-order valence-electron chi connectivity index (χ4n) is 10.4. The standard InChI is InChI=1S/C83H142O17P2/c1-5-9-13-17-21-25-29-33-35-37-38-40-42-46-48-52-56-60-64-68-81(86)94-74-79(100-83(88)70-66-62-58-54-50-44-32-28-24-20-16-12-8-4)76-98-102(91,92)96-72-77(84)71-95-101(89,90)97-75-78(99-82(87)69-65-61-57-53-49-43-31-27-23-19-15-11-7-3)73-93-80(85)67-63-59-55-51-47-45-41-39-36-34-30-26-22-18-14-10-6-2/h10,14,16,20-22,25-26,28,32-36,38,40-41,45,51,55,77-79,84H,5-9,11-13,15,17-19,23-24,27,29-31,37,39,42-44,46-50,52-54,56-76H2,1-4H3,(H,89,90)(H,91,92)/b14-10-,20-16-,25-21-,26-22-,32-28-,35-33-,36-34-,40-38-,45-41-,55-51-. The van der Waals surface area contributed by atoms with Crippen LogP contribution in [0.25, 0.3) is 0 Å². The Bertz CT molecular complexity index is 2410. The van der Waals surface area contributed by atoms with E-state index in [9.17, 15) is 43.2 Å². The molecule has 0 aliphatic carbocycles. The fourth-order valence-corrected chi connectivity index (χ4v) is 11.9. The van der Waals surface area contributed by atoms with Crippen LogP contribution in [0.1, 0.15) is 323 Å². The fraction of sp³-hybridized carbons (Fsp3) is 0.711. The first kappa shape index (κ1) is 97.5. The summed E-state index contributed by atoms with van der Waals surface area (Å²) in [5.74, 6) is -2.26. The third-order valence-corrected chi connectivity index (χ3v) is 18.3. The van der Waals surface area contributed by atoms with Crippen LogP contribution in [0.3, 0.4) is 0 Å². The Morgan fingerprint density at radius 3 is 0.882 bits per heavy atom. The van der Waals surface area contributed by atoms with E-state index < -0.39 is 97.5 Å². The minimum absolute atomic E-state index is 0.0730. The molecule has 3 N–H and O–H groups in total. The van der Waals surface area contributed by atoms with Crippen LogP contribution in [0.4, 0.5) is 0 Å². The summed E-state index contributed by atoms with van der Waals surface area (Å²) in [4.78, 5) is 72.9. The van der Waals surface area contributed by atoms with Crippen molar-refractivity contribution in [1.82, 2.24) is 0 Å². The van der Waals surface area contributed by atoms with E-state index >= 15 is 0 Å². The predicted molar refractivity (Wildman–Crippen MR) is 418 cm³/mol. The van der Waals surface area contributed by atoms with Gasteiger partial charge in [0, 0.05) is 25.7 Å². The lowest BCUT2D eigenvalue weighted by atomic mass is 10.0. The van der Waals surface area contributed by atoms with Gasteiger partial charge in [0.25, 0.3) is 0 Å². The number of carbonyl (C=O) groups is 4. The van der Waals surface area contributed by atoms with Crippen molar-refractivity contribution in [3.8, 4) is 0 Å². The summed E-state index contributed by atoms with van der Waals surface area (Å²) < 4.78 is 68.5. The summed E-state index contributed by atoms with van der Waals surface area (Å²) in [6, 6.07) is 0. The van der Waals surface area contributed by atoms with Gasteiger partial charge in [-0.15, -0.1) is 0 Å². The van der Waals surface area contributed by atoms with Crippen LogP contribution in [0.5, 0.6) is 0 Å². The van der Waals surface area contributed by atoms with Crippen LogP contribution < -0.4 is 0 Å². The van der Waals surface area contributed by atoms with E-state index in [1.54, 1.807) is 0 Å². The number of hydrogen-bond acceptors (Lipinski definition) is 15. The molecule has 0 aliphatic rings. The van der Waals surface area contributed by atoms with E-state index in [0.29, 0.717) is 32.1 Å². The molecule has 0 rings (SSSR count). The first-order valence-corrected chi connectivity index (χ1v) is 42.8. The lowest BCUT2D eigenvalue weighted by molar-refractivity contribution is -0.161. The summed E-state index contributed by atoms with van der Waals surface area (Å²) in [6.07, 6.45) is 81.8. The van der Waals surface area contributed by atoms with Gasteiger partial charge in [0.1, 0.15) is 19.3 Å². The molecule has 0 aromatic rings. The van der Waals surface area contributed by atoms with E-state index in [2.05, 4.69) is 137 Å². The van der Waals surface area contributed by atoms with Crippen LogP contribution in [-0.4, -0.2) is 96.7 Å². The second kappa shape index (κ2) is 74.7. The third kappa shape index (κ3) is 73.8. The minimum atomic E-state index is -4.99. The number of phosphoric acid groups is 2. The van der Waals surface area contributed by atoms with Crippen molar-refractivity contribution in [2.45, 2.75) is 341 Å². The van der Waals surface area contributed by atoms with Crippen LogP contribution in [-0.2, 0) is 65.4 Å². The summed E-state index contributed by atoms with van der Waals surface area (Å²) in [6.45, 7) is 4.59. The second-order valence-corrected chi connectivity index (χ2v) is 29.2. The van der Waals surface area contributed by atoms with E-state index in [4.69, 9.17) is 37.0 Å². The highest BCUT2D eigenvalue weighted by molar-refractivity contribution is 7.47. The van der Waals surface area contributed by atoms with Gasteiger partial charge in [0.05, 0.1) is 26.4 Å². The molecular weight excluding hydrogens is 1330 g/mol. The number of rotatable bonds is 74. The summed E-state index contributed by atoms with van der Waals surface area (Å²) in [5, 5.41) is 10.6. The number of phosphoric ester groups is 2. The Morgan fingerprint density at radius 1 is 0.284 bits per heavy atom. The molecule has 5 atom stereocenters. The molecule has 0 heterocycles. The molecule has 586 valence electrons. The normalized spacial score (nSPS) is 14.5. The van der Waals surface area contributed by atoms with E-state index in [-0.39, 0.29) is 25.7 Å². The largest absolute Gasteiger partial charge is 0.472 e. The molecule has 0 amide bonds. The summed E-state index contributed by atoms with van der Waals surface area (Å²) >= 11 is 0. The number of unbranched alkanes of at least 4 members (excludes halogenated alkanes) is 28. The Kier molecular flexibility index (Phi) is 71.4. The zero-order chi connectivity index (χ0) is 74.6. The molecule has 0 aliphatic heterocycles. The molecule has 5 unspecified atom stereocenters. The molecule has 0 fully saturated rings. The van der Waals surface area contributed by atoms with Crippen molar-refractivity contribution in [1.29, 1.82) is 0 Å². The number of allylic oxidation sites excluding steroid dienone is 20. The Balaban J connectivity index is 5.38. The van der Waals surface area contributed by atoms with Crippen LogP contribution in [0, 0.1) is 0 Å². The van der Waals surface area contributed by atoms with Gasteiger partial charge in [-0.1, -0.05) is 290 Å². The summed E-state index contributed by atoms with van der Waals surface area (Å²) in [7, 11) is -9.98. The number of ether oxygens (including phenoxy) is 4. The van der Waals surface area contributed by atoms with Crippen molar-refractivity contribution >= 4 is 39.5 Å². The van der Waals surface area contributed by atoms with Crippen molar-refractivity contribution in [3.05, 3.63) is 122 Å². The van der Waals surface area contributed by atoms with E-state index in [0.717, 1.165) is 167 Å². The molecule has 19 heteroatoms. The van der Waals surface area contributed by atoms with Crippen molar-refractivity contribution in [3.63, 3.8) is 0 Å². The first-order valence-electron chi connectivity index (χ1n) is 39.8. The number of hydrogen-bond donors (Lipinski definition) is 3. The van der Waals surface area contributed by atoms with Gasteiger partial charge in [0.2, 0.25) is 0 Å². The molecule has 102 heavy (non-hydrogen) atoms. The lowest BCUT2D eigenvalue weighted by Gasteiger charge is -2.21. The monoisotopic (exact) mass is 1470 g/mol. The molecule has 0 aromatic carbocycles. The Labute approximate surface area is 619 Å². The van der Waals surface area contributed by atoms with E-state index in [1.807, 2.05) is 12.2 Å². The highest BCUT2D eigenvalue weighted by Gasteiger charge is 2.30. The van der Waals surface area contributed by atoms with Crippen LogP contribution in [0.15, 0.2) is 122 Å². The molecule has 0 saturated heterocycles. The van der Waals surface area contributed by atoms with Crippen molar-refractivity contribution in [2.75, 3.05) is 39.6 Å². The van der Waals surface area contributed by atoms with Crippen molar-refractivity contribution < 1.29 is 80.2 Å². The molecule has 0 bridgehead atoms. The second-order valence-electron chi connectivity index (χ2n) is 26.3. The number of carbonyl (C=O) groups excluding carboxylic acids is 4. The summed E-state index contributed by atoms with van der Waals surface area (Å²) in [5.41, 5.74) is 0. The zero-order valence-electron chi connectivity index (χ0n) is 64.0. The van der Waals surface area contributed by atoms with E-state index in [1.165, 1.54) is 70.6 Å². The average Bonchev–Trinajstić information content (AvgIpc) is 0.907. The molecule has 0 radical (unpaired) electrons. The maximum atomic E-state index is 13.1. The first-order chi connectivity index (χ1) is 49.7. The van der Waals surface area contributed by atoms with Crippen LogP contribution in [0.2, 0.25) is 0 Å². The predicted octanol–water partition coefficient (Wildman–Crippen LogP) is 23.1. The highest BCUT2D eigenvalue weighted by atomic mass is 31.2. The molecule has 0 spiro atoms. The molecule has 0 aromatic heterocycles. The van der Waals surface area contributed by atoms with Gasteiger partial charge in [-0.3, -0.25) is 37.3 Å². The molecule has 17 nitrogen and oxygen atoms in total. The molecular formula is C83H142O17P2. The maximum Gasteiger partial charge on any atom is 0.472 e. The quantitative estimate of drug-likeness (QED) is 0.0169. The smallest absolute Gasteiger partial charge is 0.462 e. The number of aliphatic hydroxyl groups excluding tert-OH is 1. The minimum Gasteiger partial charge on any atom is -0.462 e. The lowest BCUT2D eigenvalue weighted by Crippen LogP contribution is -2.30. The van der Waals surface area contributed by atoms with Gasteiger partial charge >= 0.3 is 39.5 Å². The zero-order valence-corrected chi connectivity index (χ0v) is 65.8. The Morgan fingerprint density at radius 2 is 0.539 bits per heavy atom. The van der Waals surface area contributed by atoms with Gasteiger partial charge in [-0.25, -0.2) is 9.13 Å². The van der Waals surface area contributed by atoms with Gasteiger partial charge in [-0.2, -0.15) is 0 Å². The SMILES string of the molecule is CC/C=C\C/C=C\C/C=C\C/C=C\C/C=C\CCCC(=O)OCC(COP(=O)(O)OCC(O)COP(=O)(O)OCC(COC(=O)CCCCCCCC/C=C\C/C=C\C/C=C\CCCCC)OC(=O)CCCCCCC/C=C\C/C=C\CCC)OC(=O)CCCCCCCCCCCCCCC. The third-order valence-electron chi connectivity index (χ3n) is 16.4. The van der Waals surface area contributed by atoms with Gasteiger partial charge < -0.3 is 33.8 Å². The van der Waals surface area contributed by atoms with Crippen molar-refractivity contribution in [2.24, 2.45) is 0 Å². The molecule has 0 saturated carbocycles. The topological polar surface area (TPSA) is 237 Å². The maximum absolute atomic E-state index is 13.1.